The van der Waals surface area contributed by atoms with Gasteiger partial charge in [-0.1, -0.05) is 205 Å². The molecule has 0 heterocycles. The Morgan fingerprint density at radius 3 is 1.34 bits per heavy atom. The molecule has 0 N–H and O–H groups in total. The van der Waals surface area contributed by atoms with Gasteiger partial charge in [-0.15, -0.1) is 0 Å². The van der Waals surface area contributed by atoms with Gasteiger partial charge in [0.25, 0.3) is 0 Å². The number of rotatable bonds is 5. The molecule has 2 aliphatic carbocycles. The van der Waals surface area contributed by atoms with Gasteiger partial charge in [0.15, 0.2) is 0 Å². The van der Waals surface area contributed by atoms with E-state index in [1.807, 2.05) is 0 Å². The van der Waals surface area contributed by atoms with Crippen LogP contribution in [-0.2, 0) is 10.8 Å². The van der Waals surface area contributed by atoms with Crippen molar-refractivity contribution in [3.8, 4) is 44.5 Å². The van der Waals surface area contributed by atoms with Crippen LogP contribution < -0.4 is 15.6 Å². The maximum Gasteiger partial charge on any atom is 0.0784 e. The topological polar surface area (TPSA) is 0 Å². The molecule has 0 aromatic heterocycles. The summed E-state index contributed by atoms with van der Waals surface area (Å²) in [6.45, 7) is 32.9. The van der Waals surface area contributed by atoms with Crippen molar-refractivity contribution in [1.29, 1.82) is 0 Å². The van der Waals surface area contributed by atoms with E-state index in [1.165, 1.54) is 99.1 Å². The average Bonchev–Trinajstić information content (AvgIpc) is 3.54. The minimum Gasteiger partial charge on any atom is -0.0656 e. The molecule has 0 nitrogen and oxygen atoms in total. The van der Waals surface area contributed by atoms with Crippen LogP contribution in [0.25, 0.3) is 76.8 Å². The van der Waals surface area contributed by atoms with Gasteiger partial charge in [0.05, 0.1) is 24.2 Å². The van der Waals surface area contributed by atoms with Crippen molar-refractivity contribution in [1.82, 2.24) is 0 Å². The van der Waals surface area contributed by atoms with Crippen molar-refractivity contribution in [2.24, 2.45) is 0 Å². The summed E-state index contributed by atoms with van der Waals surface area (Å²) in [5.74, 6) is 0. The van der Waals surface area contributed by atoms with Crippen LogP contribution >= 0.6 is 0 Å². The highest BCUT2D eigenvalue weighted by atomic mass is 28.3. The second kappa shape index (κ2) is 12.0. The fourth-order valence-corrected chi connectivity index (χ4v) is 19.1. The average molecular weight is 803 g/mol. The predicted octanol–water partition coefficient (Wildman–Crippen LogP) is 14.2. The molecular weight excluding hydrogens is 745 g/mol. The van der Waals surface area contributed by atoms with Gasteiger partial charge in [-0.2, -0.15) is 0 Å². The molecule has 2 aliphatic rings. The molecule has 0 radical (unpaired) electrons. The van der Waals surface area contributed by atoms with Crippen molar-refractivity contribution in [3.05, 3.63) is 138 Å². The lowest BCUT2D eigenvalue weighted by molar-refractivity contribution is 0.660. The van der Waals surface area contributed by atoms with Crippen LogP contribution in [0, 0.1) is 0 Å². The Labute approximate surface area is 349 Å². The molecule has 0 amide bonds. The lowest BCUT2D eigenvalue weighted by atomic mass is 9.80. The third-order valence-electron chi connectivity index (χ3n) is 14.1. The molecule has 0 unspecified atom stereocenters. The van der Waals surface area contributed by atoms with E-state index < -0.39 is 24.2 Å². The third-order valence-corrected chi connectivity index (χ3v) is 20.4. The standard InChI is InChI=1S/C55H58Si3/c1-54(2)44-20-16-14-18-35(44)37-24-22-33(30-46(37)54)43-32-48(56(5,6)7)40-27-29-42-51-41(28-26-39(43)50(40)51)49(53(58(11,12)13)52(42)57(8,9)10)34-23-25-38-36-19-15-17-21-45(36)55(3,4)47(38)31-34/h14-32H,1-13H3. The van der Waals surface area contributed by atoms with E-state index in [-0.39, 0.29) is 10.8 Å². The first-order chi connectivity index (χ1) is 27.2. The first-order valence-electron chi connectivity index (χ1n) is 21.5. The van der Waals surface area contributed by atoms with Crippen LogP contribution in [0.2, 0.25) is 58.9 Å². The molecule has 10 rings (SSSR count). The molecule has 0 spiro atoms. The first-order valence-corrected chi connectivity index (χ1v) is 32.0. The molecular formula is C55H58Si3. The summed E-state index contributed by atoms with van der Waals surface area (Å²) in [6.07, 6.45) is 0. The lowest BCUT2D eigenvalue weighted by Crippen LogP contribution is -2.57. The van der Waals surface area contributed by atoms with Crippen molar-refractivity contribution in [2.45, 2.75) is 97.4 Å². The van der Waals surface area contributed by atoms with E-state index in [0.717, 1.165) is 0 Å². The largest absolute Gasteiger partial charge is 0.0784 e. The first kappa shape index (κ1) is 37.7. The zero-order valence-corrected chi connectivity index (χ0v) is 40.0. The van der Waals surface area contributed by atoms with Gasteiger partial charge in [-0.25, -0.2) is 0 Å². The second-order valence-corrected chi connectivity index (χ2v) is 36.8. The Balaban J connectivity index is 1.34. The summed E-state index contributed by atoms with van der Waals surface area (Å²) in [6, 6.07) is 45.8. The van der Waals surface area contributed by atoms with Gasteiger partial charge in [0.2, 0.25) is 0 Å². The van der Waals surface area contributed by atoms with Crippen molar-refractivity contribution < 1.29 is 0 Å². The van der Waals surface area contributed by atoms with Gasteiger partial charge in [-0.05, 0) is 111 Å². The maximum atomic E-state index is 2.61. The molecule has 8 aromatic rings. The third kappa shape index (κ3) is 5.15. The van der Waals surface area contributed by atoms with E-state index in [9.17, 15) is 0 Å². The second-order valence-electron chi connectivity index (χ2n) is 21.8. The van der Waals surface area contributed by atoms with Crippen LogP contribution in [0.15, 0.2) is 115 Å². The van der Waals surface area contributed by atoms with E-state index >= 15 is 0 Å². The van der Waals surface area contributed by atoms with E-state index in [0.29, 0.717) is 0 Å². The van der Waals surface area contributed by atoms with E-state index in [1.54, 1.807) is 15.6 Å². The van der Waals surface area contributed by atoms with E-state index in [4.69, 9.17) is 0 Å². The molecule has 0 atom stereocenters. The van der Waals surface area contributed by atoms with Crippen molar-refractivity contribution in [2.75, 3.05) is 0 Å². The monoisotopic (exact) mass is 802 g/mol. The minimum absolute atomic E-state index is 0.0481. The SMILES string of the molecule is CC1(C)c2ccccc2-c2ccc(-c3cc([Si](C)(C)C)c4ccc5c([Si](C)(C)C)c([Si](C)(C)C)c(-c6ccc7c(c6)C(C)(C)c6ccccc6-7)c6ccc3c4c65)cc21. The highest BCUT2D eigenvalue weighted by molar-refractivity contribution is 7.01. The molecule has 0 saturated heterocycles. The zero-order valence-electron chi connectivity index (χ0n) is 37.0. The van der Waals surface area contributed by atoms with Crippen LogP contribution in [0.4, 0.5) is 0 Å². The number of hydrogen-bond acceptors (Lipinski definition) is 0. The van der Waals surface area contributed by atoms with E-state index in [2.05, 4.69) is 202 Å². The Morgan fingerprint density at radius 1 is 0.345 bits per heavy atom. The van der Waals surface area contributed by atoms with Crippen LogP contribution in [0.5, 0.6) is 0 Å². The molecule has 3 heteroatoms. The van der Waals surface area contributed by atoms with Gasteiger partial charge in [0, 0.05) is 10.8 Å². The Bertz CT molecular complexity index is 3050. The van der Waals surface area contributed by atoms with Gasteiger partial charge < -0.3 is 0 Å². The quantitative estimate of drug-likeness (QED) is 0.120. The number of fused-ring (bicyclic) bond motifs is 6. The Hall–Kier alpha value is -4.55. The molecule has 0 aliphatic heterocycles. The summed E-state index contributed by atoms with van der Waals surface area (Å²) < 4.78 is 0. The molecule has 0 saturated carbocycles. The highest BCUT2D eigenvalue weighted by Gasteiger charge is 2.39. The van der Waals surface area contributed by atoms with Gasteiger partial charge >= 0.3 is 0 Å². The molecule has 290 valence electrons. The summed E-state index contributed by atoms with van der Waals surface area (Å²) in [7, 11) is -5.59. The maximum absolute atomic E-state index is 2.61. The van der Waals surface area contributed by atoms with Crippen molar-refractivity contribution in [3.63, 3.8) is 0 Å². The summed E-state index contributed by atoms with van der Waals surface area (Å²) in [5.41, 5.74) is 16.8. The fraction of sp³-hybridized carbons (Fsp3) is 0.273. The molecule has 0 bridgehead atoms. The minimum atomic E-state index is -1.90. The fourth-order valence-electron chi connectivity index (χ4n) is 11.5. The molecule has 58 heavy (non-hydrogen) atoms. The summed E-state index contributed by atoms with van der Waals surface area (Å²) in [4.78, 5) is 0. The molecule has 0 fully saturated rings. The smallest absolute Gasteiger partial charge is 0.0656 e. The zero-order chi connectivity index (χ0) is 41.1. The van der Waals surface area contributed by atoms with Crippen molar-refractivity contribution >= 4 is 72.1 Å². The number of hydrogen-bond donors (Lipinski definition) is 0. The summed E-state index contributed by atoms with van der Waals surface area (Å²) >= 11 is 0. The Kier molecular flexibility index (Phi) is 7.82. The van der Waals surface area contributed by atoms with Gasteiger partial charge in [0.1, 0.15) is 0 Å². The molecule has 8 aromatic carbocycles. The van der Waals surface area contributed by atoms with Crippen LogP contribution in [0.1, 0.15) is 49.9 Å². The highest BCUT2D eigenvalue weighted by Crippen LogP contribution is 2.52. The predicted molar refractivity (Wildman–Crippen MR) is 265 cm³/mol. The lowest BCUT2D eigenvalue weighted by Gasteiger charge is -2.35. The van der Waals surface area contributed by atoms with Crippen LogP contribution in [-0.4, -0.2) is 24.2 Å². The summed E-state index contributed by atoms with van der Waals surface area (Å²) in [5, 5.41) is 13.7. The van der Waals surface area contributed by atoms with Gasteiger partial charge in [-0.3, -0.25) is 0 Å². The Morgan fingerprint density at radius 2 is 0.793 bits per heavy atom. The van der Waals surface area contributed by atoms with Crippen LogP contribution in [0.3, 0.4) is 0 Å². The number of benzene rings is 8. The normalized spacial score (nSPS) is 15.6.